The van der Waals surface area contributed by atoms with E-state index in [-0.39, 0.29) is 17.5 Å². The highest BCUT2D eigenvalue weighted by molar-refractivity contribution is 6.31. The number of amides is 2. The van der Waals surface area contributed by atoms with Gasteiger partial charge in [-0.25, -0.2) is 0 Å². The zero-order valence-corrected chi connectivity index (χ0v) is 17.1. The van der Waals surface area contributed by atoms with E-state index in [1.807, 2.05) is 0 Å². The Kier molecular flexibility index (Phi) is 5.46. The van der Waals surface area contributed by atoms with Crippen LogP contribution in [0.4, 0.5) is 5.69 Å². The summed E-state index contributed by atoms with van der Waals surface area (Å²) in [5, 5.41) is 3.19. The van der Waals surface area contributed by atoms with Crippen LogP contribution in [0.15, 0.2) is 22.6 Å². The van der Waals surface area contributed by atoms with Crippen LogP contribution in [0.5, 0.6) is 0 Å². The van der Waals surface area contributed by atoms with Crippen molar-refractivity contribution in [3.05, 3.63) is 51.4 Å². The molecule has 7 heteroatoms. The lowest BCUT2D eigenvalue weighted by Crippen LogP contribution is -2.36. The summed E-state index contributed by atoms with van der Waals surface area (Å²) in [4.78, 5) is 39.9. The summed E-state index contributed by atoms with van der Waals surface area (Å²) < 4.78 is 5.73. The van der Waals surface area contributed by atoms with E-state index in [0.29, 0.717) is 59.1 Å². The molecule has 2 aromatic rings. The number of Topliss-reactive ketones (excluding diaryl/α,β-unsaturated/α-hetero) is 1. The number of hydrogen-bond acceptors (Lipinski definition) is 4. The molecular formula is C22H23ClN2O4. The average Bonchev–Trinajstić information content (AvgIpc) is 3.06. The van der Waals surface area contributed by atoms with Crippen molar-refractivity contribution in [2.75, 3.05) is 18.4 Å². The lowest BCUT2D eigenvalue weighted by atomic mass is 9.94. The van der Waals surface area contributed by atoms with Crippen LogP contribution in [0.2, 0.25) is 5.02 Å². The predicted molar refractivity (Wildman–Crippen MR) is 110 cm³/mol. The van der Waals surface area contributed by atoms with Crippen LogP contribution in [0.3, 0.4) is 0 Å². The Morgan fingerprint density at radius 1 is 1.10 bits per heavy atom. The van der Waals surface area contributed by atoms with E-state index in [1.165, 1.54) is 0 Å². The maximum atomic E-state index is 13.0. The summed E-state index contributed by atoms with van der Waals surface area (Å²) in [7, 11) is 0. The molecule has 0 spiro atoms. The van der Waals surface area contributed by atoms with Gasteiger partial charge in [-0.1, -0.05) is 11.6 Å². The molecule has 2 amide bonds. The molecule has 1 aliphatic carbocycles. The van der Waals surface area contributed by atoms with E-state index in [9.17, 15) is 14.4 Å². The molecular weight excluding hydrogens is 392 g/mol. The first-order chi connectivity index (χ1) is 14.0. The highest BCUT2D eigenvalue weighted by atomic mass is 35.5. The number of furan rings is 1. The van der Waals surface area contributed by atoms with Crippen molar-refractivity contribution in [2.45, 2.75) is 45.4 Å². The van der Waals surface area contributed by atoms with E-state index in [1.54, 1.807) is 30.0 Å². The minimum atomic E-state index is -0.486. The van der Waals surface area contributed by atoms with Gasteiger partial charge in [0.25, 0.3) is 11.8 Å². The molecule has 1 fully saturated rings. The van der Waals surface area contributed by atoms with Crippen LogP contribution in [-0.2, 0) is 6.42 Å². The molecule has 0 saturated carbocycles. The number of likely N-dealkylation sites (tertiary alicyclic amines) is 1. The molecule has 0 unspecified atom stereocenters. The summed E-state index contributed by atoms with van der Waals surface area (Å²) in [6, 6.07) is 4.85. The highest BCUT2D eigenvalue weighted by Crippen LogP contribution is 2.31. The van der Waals surface area contributed by atoms with Crippen LogP contribution < -0.4 is 5.32 Å². The third-order valence-electron chi connectivity index (χ3n) is 5.62. The van der Waals surface area contributed by atoms with E-state index >= 15 is 0 Å². The maximum Gasteiger partial charge on any atom is 0.291 e. The zero-order chi connectivity index (χ0) is 20.5. The van der Waals surface area contributed by atoms with E-state index in [2.05, 4.69) is 5.32 Å². The number of anilines is 1. The predicted octanol–water partition coefficient (Wildman–Crippen LogP) is 4.64. The van der Waals surface area contributed by atoms with Gasteiger partial charge in [0, 0.05) is 36.5 Å². The van der Waals surface area contributed by atoms with E-state index < -0.39 is 5.91 Å². The van der Waals surface area contributed by atoms with Gasteiger partial charge in [-0.2, -0.15) is 0 Å². The summed E-state index contributed by atoms with van der Waals surface area (Å²) >= 11 is 6.13. The second-order valence-electron chi connectivity index (χ2n) is 7.63. The SMILES string of the molecule is Cc1c(C(=O)Nc2cc(Cl)ccc2C(=O)N2CCCCC2)oc2c1C(=O)CCC2. The Hall–Kier alpha value is -2.60. The first-order valence-corrected chi connectivity index (χ1v) is 10.4. The molecule has 6 nitrogen and oxygen atoms in total. The fraction of sp³-hybridized carbons (Fsp3) is 0.409. The topological polar surface area (TPSA) is 79.6 Å². The monoisotopic (exact) mass is 414 g/mol. The number of carbonyl (C=O) groups excluding carboxylic acids is 3. The van der Waals surface area contributed by atoms with Crippen molar-refractivity contribution in [1.82, 2.24) is 4.90 Å². The van der Waals surface area contributed by atoms with Crippen molar-refractivity contribution in [3.63, 3.8) is 0 Å². The number of benzene rings is 1. The summed E-state index contributed by atoms with van der Waals surface area (Å²) in [5.41, 5.74) is 1.82. The normalized spacial score (nSPS) is 16.5. The van der Waals surface area contributed by atoms with Gasteiger partial charge in [-0.3, -0.25) is 14.4 Å². The van der Waals surface area contributed by atoms with Gasteiger partial charge in [-0.05, 0) is 50.8 Å². The Bertz CT molecular complexity index is 989. The molecule has 1 aliphatic heterocycles. The van der Waals surface area contributed by atoms with Gasteiger partial charge in [0.15, 0.2) is 11.5 Å². The van der Waals surface area contributed by atoms with Crippen LogP contribution in [0.1, 0.15) is 74.7 Å². The number of hydrogen-bond donors (Lipinski definition) is 1. The number of nitrogens with zero attached hydrogens (tertiary/aromatic N) is 1. The van der Waals surface area contributed by atoms with Gasteiger partial charge in [0.1, 0.15) is 5.76 Å². The first-order valence-electron chi connectivity index (χ1n) is 10.0. The Morgan fingerprint density at radius 3 is 2.59 bits per heavy atom. The van der Waals surface area contributed by atoms with Crippen molar-refractivity contribution < 1.29 is 18.8 Å². The van der Waals surface area contributed by atoms with Crippen LogP contribution >= 0.6 is 11.6 Å². The standard InChI is InChI=1S/C22H23ClN2O4/c1-13-19-17(26)6-5-7-18(19)29-20(13)21(27)24-16-12-14(23)8-9-15(16)22(28)25-10-3-2-4-11-25/h8-9,12H,2-7,10-11H2,1H3,(H,24,27). The zero-order valence-electron chi connectivity index (χ0n) is 16.3. The minimum Gasteiger partial charge on any atom is -0.455 e. The third-order valence-corrected chi connectivity index (χ3v) is 5.85. The molecule has 1 aromatic carbocycles. The highest BCUT2D eigenvalue weighted by Gasteiger charge is 2.29. The summed E-state index contributed by atoms with van der Waals surface area (Å²) in [6.07, 6.45) is 4.92. The molecule has 4 rings (SSSR count). The third kappa shape index (κ3) is 3.81. The van der Waals surface area contributed by atoms with Crippen molar-refractivity contribution in [1.29, 1.82) is 0 Å². The number of fused-ring (bicyclic) bond motifs is 1. The van der Waals surface area contributed by atoms with Crippen LogP contribution in [0.25, 0.3) is 0 Å². The van der Waals surface area contributed by atoms with Crippen molar-refractivity contribution in [3.8, 4) is 0 Å². The number of halogens is 1. The number of aryl methyl sites for hydroxylation is 1. The molecule has 29 heavy (non-hydrogen) atoms. The van der Waals surface area contributed by atoms with Gasteiger partial charge in [-0.15, -0.1) is 0 Å². The quantitative estimate of drug-likeness (QED) is 0.793. The number of ketones is 1. The van der Waals surface area contributed by atoms with Crippen molar-refractivity contribution >= 4 is 34.9 Å². The molecule has 2 aliphatic rings. The molecule has 1 N–H and O–H groups in total. The number of nitrogens with one attached hydrogen (secondary N) is 1. The maximum absolute atomic E-state index is 13.0. The Labute approximate surface area is 174 Å². The van der Waals surface area contributed by atoms with Gasteiger partial charge in [0.05, 0.1) is 16.8 Å². The smallest absolute Gasteiger partial charge is 0.291 e. The fourth-order valence-electron chi connectivity index (χ4n) is 4.12. The van der Waals surface area contributed by atoms with Crippen LogP contribution in [0, 0.1) is 6.92 Å². The summed E-state index contributed by atoms with van der Waals surface area (Å²) in [5.74, 6) is 0.0819. The molecule has 2 heterocycles. The van der Waals surface area contributed by atoms with Crippen molar-refractivity contribution in [2.24, 2.45) is 0 Å². The first kappa shape index (κ1) is 19.7. The lowest BCUT2D eigenvalue weighted by Gasteiger charge is -2.27. The van der Waals surface area contributed by atoms with Gasteiger partial charge in [0.2, 0.25) is 0 Å². The lowest BCUT2D eigenvalue weighted by molar-refractivity contribution is 0.0725. The van der Waals surface area contributed by atoms with Gasteiger partial charge >= 0.3 is 0 Å². The number of carbonyl (C=O) groups is 3. The Morgan fingerprint density at radius 2 is 1.86 bits per heavy atom. The summed E-state index contributed by atoms with van der Waals surface area (Å²) in [6.45, 7) is 3.14. The van der Waals surface area contributed by atoms with E-state index in [4.69, 9.17) is 16.0 Å². The van der Waals surface area contributed by atoms with Gasteiger partial charge < -0.3 is 14.6 Å². The number of piperidine rings is 1. The average molecular weight is 415 g/mol. The largest absolute Gasteiger partial charge is 0.455 e. The molecule has 0 radical (unpaired) electrons. The molecule has 152 valence electrons. The molecule has 1 aromatic heterocycles. The molecule has 0 bridgehead atoms. The second-order valence-corrected chi connectivity index (χ2v) is 8.06. The molecule has 0 atom stereocenters. The van der Waals surface area contributed by atoms with Crippen LogP contribution in [-0.4, -0.2) is 35.6 Å². The second kappa shape index (κ2) is 8.03. The fourth-order valence-corrected chi connectivity index (χ4v) is 4.29. The minimum absolute atomic E-state index is 0.00951. The molecule has 1 saturated heterocycles. The Balaban J connectivity index is 1.63. The van der Waals surface area contributed by atoms with E-state index in [0.717, 1.165) is 25.7 Å². The number of rotatable bonds is 3.